The Kier molecular flexibility index (Phi) is 4.94. The Labute approximate surface area is 164 Å². The molecule has 1 N–H and O–H groups in total. The van der Waals surface area contributed by atoms with Gasteiger partial charge in [0, 0.05) is 0 Å². The molecule has 28 heavy (non-hydrogen) atoms. The number of methoxy groups -OCH3 is 1. The summed E-state index contributed by atoms with van der Waals surface area (Å²) in [5, 5.41) is 12.8. The van der Waals surface area contributed by atoms with E-state index in [9.17, 15) is 9.59 Å². The fourth-order valence-corrected chi connectivity index (χ4v) is 3.65. The molecular weight excluding hydrogens is 376 g/mol. The van der Waals surface area contributed by atoms with Gasteiger partial charge in [0.25, 0.3) is 0 Å². The summed E-state index contributed by atoms with van der Waals surface area (Å²) >= 11 is 1.28. The van der Waals surface area contributed by atoms with Crippen LogP contribution >= 0.6 is 11.8 Å². The first-order valence-corrected chi connectivity index (χ1v) is 9.49. The zero-order valence-corrected chi connectivity index (χ0v) is 15.8. The van der Waals surface area contributed by atoms with Crippen LogP contribution in [0.3, 0.4) is 0 Å². The van der Waals surface area contributed by atoms with Crippen molar-refractivity contribution in [3.8, 4) is 0 Å². The van der Waals surface area contributed by atoms with E-state index >= 15 is 0 Å². The first-order valence-electron chi connectivity index (χ1n) is 8.50. The number of thioether (sulfide) groups is 1. The second-order valence-corrected chi connectivity index (χ2v) is 6.88. The van der Waals surface area contributed by atoms with Crippen molar-refractivity contribution in [1.29, 1.82) is 0 Å². The van der Waals surface area contributed by atoms with E-state index in [0.717, 1.165) is 16.6 Å². The van der Waals surface area contributed by atoms with Crippen LogP contribution in [0.4, 0.5) is 5.69 Å². The van der Waals surface area contributed by atoms with E-state index in [-0.39, 0.29) is 11.7 Å². The molecule has 0 aliphatic carbocycles. The minimum Gasteiger partial charge on any atom is -0.465 e. The SMILES string of the molecule is COC(=O)c1ccccc1NC(=O)CSc1nnc2ccc3ccccc3n12. The van der Waals surface area contributed by atoms with Gasteiger partial charge >= 0.3 is 5.97 Å². The Hall–Kier alpha value is -3.39. The summed E-state index contributed by atoms with van der Waals surface area (Å²) in [6, 6.07) is 18.5. The molecule has 4 rings (SSSR count). The zero-order valence-electron chi connectivity index (χ0n) is 15.0. The number of amides is 1. The van der Waals surface area contributed by atoms with Crippen LogP contribution < -0.4 is 5.32 Å². The molecule has 4 aromatic rings. The van der Waals surface area contributed by atoms with E-state index < -0.39 is 5.97 Å². The number of rotatable bonds is 5. The fourth-order valence-electron chi connectivity index (χ4n) is 2.90. The number of para-hydroxylation sites is 2. The van der Waals surface area contributed by atoms with Gasteiger partial charge in [-0.05, 0) is 35.7 Å². The van der Waals surface area contributed by atoms with Crippen LogP contribution in [0.5, 0.6) is 0 Å². The molecule has 2 aromatic carbocycles. The maximum absolute atomic E-state index is 12.4. The van der Waals surface area contributed by atoms with Gasteiger partial charge in [0.2, 0.25) is 5.91 Å². The molecule has 2 heterocycles. The number of fused-ring (bicyclic) bond motifs is 3. The van der Waals surface area contributed by atoms with Crippen LogP contribution in [0.1, 0.15) is 10.4 Å². The van der Waals surface area contributed by atoms with Crippen molar-refractivity contribution in [2.24, 2.45) is 0 Å². The number of benzene rings is 2. The van der Waals surface area contributed by atoms with Crippen LogP contribution in [0.25, 0.3) is 16.6 Å². The summed E-state index contributed by atoms with van der Waals surface area (Å²) in [6.07, 6.45) is 0. The van der Waals surface area contributed by atoms with Crippen LogP contribution in [-0.4, -0.2) is 39.3 Å². The molecule has 2 aromatic heterocycles. The zero-order chi connectivity index (χ0) is 19.5. The van der Waals surface area contributed by atoms with E-state index in [0.29, 0.717) is 16.4 Å². The third-order valence-electron chi connectivity index (χ3n) is 4.19. The predicted octanol–water partition coefficient (Wildman–Crippen LogP) is 3.40. The highest BCUT2D eigenvalue weighted by Gasteiger charge is 2.15. The summed E-state index contributed by atoms with van der Waals surface area (Å²) in [7, 11) is 1.30. The Morgan fingerprint density at radius 2 is 1.82 bits per heavy atom. The molecule has 0 atom stereocenters. The number of nitrogens with one attached hydrogen (secondary N) is 1. The fraction of sp³-hybridized carbons (Fsp3) is 0.100. The van der Waals surface area contributed by atoms with Crippen molar-refractivity contribution in [2.45, 2.75) is 5.16 Å². The van der Waals surface area contributed by atoms with Crippen LogP contribution in [0.2, 0.25) is 0 Å². The lowest BCUT2D eigenvalue weighted by molar-refractivity contribution is -0.113. The van der Waals surface area contributed by atoms with Crippen LogP contribution in [0.15, 0.2) is 65.8 Å². The Balaban J connectivity index is 1.54. The monoisotopic (exact) mass is 392 g/mol. The Bertz CT molecular complexity index is 1190. The van der Waals surface area contributed by atoms with Gasteiger partial charge in [-0.3, -0.25) is 9.20 Å². The molecule has 0 aliphatic rings. The highest BCUT2D eigenvalue weighted by Crippen LogP contribution is 2.23. The second-order valence-electron chi connectivity index (χ2n) is 5.94. The third-order valence-corrected chi connectivity index (χ3v) is 5.12. The molecule has 8 heteroatoms. The van der Waals surface area contributed by atoms with Crippen molar-refractivity contribution < 1.29 is 14.3 Å². The number of carbonyl (C=O) groups excluding carboxylic acids is 2. The number of esters is 1. The number of anilines is 1. The molecule has 140 valence electrons. The van der Waals surface area contributed by atoms with Gasteiger partial charge < -0.3 is 10.1 Å². The van der Waals surface area contributed by atoms with E-state index in [4.69, 9.17) is 4.74 Å². The lowest BCUT2D eigenvalue weighted by atomic mass is 10.2. The van der Waals surface area contributed by atoms with Crippen molar-refractivity contribution in [2.75, 3.05) is 18.2 Å². The lowest BCUT2D eigenvalue weighted by Gasteiger charge is -2.09. The molecule has 0 bridgehead atoms. The highest BCUT2D eigenvalue weighted by atomic mass is 32.2. The minimum atomic E-state index is -0.501. The molecule has 0 spiro atoms. The summed E-state index contributed by atoms with van der Waals surface area (Å²) in [5.41, 5.74) is 2.42. The number of hydrogen-bond acceptors (Lipinski definition) is 6. The minimum absolute atomic E-state index is 0.125. The van der Waals surface area contributed by atoms with Crippen LogP contribution in [0, 0.1) is 0 Å². The normalized spacial score (nSPS) is 10.9. The van der Waals surface area contributed by atoms with Gasteiger partial charge in [0.15, 0.2) is 10.8 Å². The van der Waals surface area contributed by atoms with Gasteiger partial charge in [0.1, 0.15) is 0 Å². The smallest absolute Gasteiger partial charge is 0.339 e. The van der Waals surface area contributed by atoms with Gasteiger partial charge in [0.05, 0.1) is 29.6 Å². The lowest BCUT2D eigenvalue weighted by Crippen LogP contribution is -2.17. The maximum Gasteiger partial charge on any atom is 0.339 e. The number of aromatic nitrogens is 3. The van der Waals surface area contributed by atoms with E-state index in [1.54, 1.807) is 24.3 Å². The molecule has 0 radical (unpaired) electrons. The largest absolute Gasteiger partial charge is 0.465 e. The molecule has 0 saturated heterocycles. The molecule has 0 aliphatic heterocycles. The number of pyridine rings is 1. The Morgan fingerprint density at radius 3 is 2.68 bits per heavy atom. The Morgan fingerprint density at radius 1 is 1.04 bits per heavy atom. The van der Waals surface area contributed by atoms with E-state index in [1.807, 2.05) is 40.8 Å². The van der Waals surface area contributed by atoms with Crippen molar-refractivity contribution in [3.63, 3.8) is 0 Å². The van der Waals surface area contributed by atoms with Crippen molar-refractivity contribution in [1.82, 2.24) is 14.6 Å². The quantitative estimate of drug-likeness (QED) is 0.414. The van der Waals surface area contributed by atoms with E-state index in [1.165, 1.54) is 18.9 Å². The maximum atomic E-state index is 12.4. The third kappa shape index (κ3) is 3.41. The summed E-state index contributed by atoms with van der Waals surface area (Å²) in [5.74, 6) is -0.628. The second kappa shape index (κ2) is 7.69. The summed E-state index contributed by atoms with van der Waals surface area (Å²) in [6.45, 7) is 0. The van der Waals surface area contributed by atoms with Crippen molar-refractivity contribution >= 4 is 45.9 Å². The molecule has 7 nitrogen and oxygen atoms in total. The molecule has 0 unspecified atom stereocenters. The molecular formula is C20H16N4O3S. The number of ether oxygens (including phenoxy) is 1. The van der Waals surface area contributed by atoms with Gasteiger partial charge in [-0.15, -0.1) is 10.2 Å². The number of hydrogen-bond donors (Lipinski definition) is 1. The first-order chi connectivity index (χ1) is 13.7. The average Bonchev–Trinajstić information content (AvgIpc) is 3.16. The highest BCUT2D eigenvalue weighted by molar-refractivity contribution is 7.99. The molecule has 0 saturated carbocycles. The standard InChI is InChI=1S/C20H16N4O3S/c1-27-19(26)14-7-3-4-8-15(14)21-18(25)12-28-20-23-22-17-11-10-13-6-2-5-9-16(13)24(17)20/h2-11H,12H2,1H3,(H,21,25). The predicted molar refractivity (Wildman–Crippen MR) is 108 cm³/mol. The van der Waals surface area contributed by atoms with Gasteiger partial charge in [-0.25, -0.2) is 4.79 Å². The van der Waals surface area contributed by atoms with Gasteiger partial charge in [-0.1, -0.05) is 42.1 Å². The van der Waals surface area contributed by atoms with Crippen molar-refractivity contribution in [3.05, 3.63) is 66.2 Å². The number of nitrogens with zero attached hydrogens (tertiary/aromatic N) is 3. The van der Waals surface area contributed by atoms with E-state index in [2.05, 4.69) is 15.5 Å². The topological polar surface area (TPSA) is 85.6 Å². The summed E-state index contributed by atoms with van der Waals surface area (Å²) < 4.78 is 6.68. The number of carbonyl (C=O) groups is 2. The first kappa shape index (κ1) is 18.0. The summed E-state index contributed by atoms with van der Waals surface area (Å²) in [4.78, 5) is 24.3. The average molecular weight is 392 g/mol. The molecule has 0 fully saturated rings. The van der Waals surface area contributed by atoms with Gasteiger partial charge in [-0.2, -0.15) is 0 Å². The van der Waals surface area contributed by atoms with Crippen LogP contribution in [-0.2, 0) is 9.53 Å². The molecule has 1 amide bonds.